The molecule has 3 aromatic carbocycles. The fourth-order valence-corrected chi connectivity index (χ4v) is 3.99. The number of carboxylic acid groups (broad SMARTS) is 1. The molecule has 0 aliphatic heterocycles. The third kappa shape index (κ3) is 7.56. The molecule has 0 heterocycles. The van der Waals surface area contributed by atoms with Gasteiger partial charge >= 0.3 is 5.97 Å². The predicted octanol–water partition coefficient (Wildman–Crippen LogP) is 4.21. The molecule has 0 bridgehead atoms. The SMILES string of the molecule is CN(C)CCN(C)C(=O)CON(C(=O)COc1cc(C(=O)O)cc2cc(Cl)cc(Cl)c12)c1ccccc1. The Kier molecular flexibility index (Phi) is 9.71. The van der Waals surface area contributed by atoms with E-state index in [9.17, 15) is 19.5 Å². The molecule has 0 saturated carbocycles. The molecule has 1 N–H and O–H groups in total. The van der Waals surface area contributed by atoms with Crippen LogP contribution in [-0.4, -0.2) is 80.1 Å². The van der Waals surface area contributed by atoms with Crippen molar-refractivity contribution in [3.63, 3.8) is 0 Å². The van der Waals surface area contributed by atoms with Gasteiger partial charge in [-0.1, -0.05) is 41.4 Å². The molecule has 0 aromatic heterocycles. The number of nitrogens with zero attached hydrogens (tertiary/aromatic N) is 3. The Hall–Kier alpha value is -3.37. The minimum Gasteiger partial charge on any atom is -0.483 e. The number of hydrogen-bond donors (Lipinski definition) is 1. The number of rotatable bonds is 11. The summed E-state index contributed by atoms with van der Waals surface area (Å²) < 4.78 is 5.75. The van der Waals surface area contributed by atoms with Crippen molar-refractivity contribution in [3.05, 3.63) is 70.2 Å². The topological polar surface area (TPSA) is 99.6 Å². The molecule has 0 fully saturated rings. The third-order valence-electron chi connectivity index (χ3n) is 5.37. The van der Waals surface area contributed by atoms with Crippen LogP contribution in [0.25, 0.3) is 10.8 Å². The highest BCUT2D eigenvalue weighted by molar-refractivity contribution is 6.39. The molecule has 2 amide bonds. The number of para-hydroxylation sites is 1. The van der Waals surface area contributed by atoms with Crippen LogP contribution >= 0.6 is 23.2 Å². The molecule has 3 aromatic rings. The Morgan fingerprint density at radius 1 is 0.892 bits per heavy atom. The number of aromatic carboxylic acids is 1. The van der Waals surface area contributed by atoms with Crippen LogP contribution in [0, 0.1) is 0 Å². The number of hydrogen-bond acceptors (Lipinski definition) is 6. The van der Waals surface area contributed by atoms with Crippen LogP contribution < -0.4 is 9.80 Å². The number of carbonyl (C=O) groups excluding carboxylic acids is 2. The van der Waals surface area contributed by atoms with Gasteiger partial charge in [0.15, 0.2) is 13.2 Å². The summed E-state index contributed by atoms with van der Waals surface area (Å²) in [5.41, 5.74) is 0.338. The zero-order chi connectivity index (χ0) is 27.1. The lowest BCUT2D eigenvalue weighted by Crippen LogP contribution is -2.41. The second-order valence-electron chi connectivity index (χ2n) is 8.47. The van der Waals surface area contributed by atoms with Gasteiger partial charge in [0.05, 0.1) is 16.3 Å². The number of anilines is 1. The number of halogens is 2. The molecule has 0 spiro atoms. The van der Waals surface area contributed by atoms with Gasteiger partial charge in [0.25, 0.3) is 11.8 Å². The van der Waals surface area contributed by atoms with Crippen LogP contribution in [0.3, 0.4) is 0 Å². The Bertz CT molecular complexity index is 1290. The second-order valence-corrected chi connectivity index (χ2v) is 9.31. The zero-order valence-electron chi connectivity index (χ0n) is 20.6. The van der Waals surface area contributed by atoms with Crippen LogP contribution in [0.4, 0.5) is 5.69 Å². The summed E-state index contributed by atoms with van der Waals surface area (Å²) in [6.45, 7) is 0.285. The molecule has 37 heavy (non-hydrogen) atoms. The van der Waals surface area contributed by atoms with Crippen molar-refractivity contribution >= 4 is 57.4 Å². The fraction of sp³-hybridized carbons (Fsp3) is 0.269. The van der Waals surface area contributed by atoms with Gasteiger partial charge in [-0.25, -0.2) is 4.79 Å². The number of ether oxygens (including phenoxy) is 1. The first kappa shape index (κ1) is 28.2. The Labute approximate surface area is 224 Å². The van der Waals surface area contributed by atoms with E-state index in [0.29, 0.717) is 34.6 Å². The number of amides is 2. The smallest absolute Gasteiger partial charge is 0.335 e. The lowest BCUT2D eigenvalue weighted by Gasteiger charge is -2.24. The van der Waals surface area contributed by atoms with Gasteiger partial charge in [-0.2, -0.15) is 5.06 Å². The number of hydroxylamine groups is 1. The number of benzene rings is 3. The molecule has 196 valence electrons. The van der Waals surface area contributed by atoms with Crippen LogP contribution in [0.1, 0.15) is 10.4 Å². The lowest BCUT2D eigenvalue weighted by atomic mass is 10.1. The quantitative estimate of drug-likeness (QED) is 0.359. The monoisotopic (exact) mass is 547 g/mol. The standard InChI is InChI=1S/C26H27Cl2N3O6/c1-29(2)9-10-30(3)23(32)16-37-31(20-7-5-4-6-8-20)24(33)15-36-22-13-18(26(34)35)11-17-12-19(27)14-21(28)25(17)22/h4-8,11-14H,9-10,15-16H2,1-3H3,(H,34,35). The van der Waals surface area contributed by atoms with Crippen LogP contribution in [0.15, 0.2) is 54.6 Å². The number of likely N-dealkylation sites (N-methyl/N-ethyl adjacent to an activating group) is 2. The highest BCUT2D eigenvalue weighted by Gasteiger charge is 2.22. The Balaban J connectivity index is 1.81. The first-order valence-electron chi connectivity index (χ1n) is 11.3. The largest absolute Gasteiger partial charge is 0.483 e. The van der Waals surface area contributed by atoms with E-state index in [-0.39, 0.29) is 28.8 Å². The van der Waals surface area contributed by atoms with Crippen molar-refractivity contribution in [2.45, 2.75) is 0 Å². The molecule has 9 nitrogen and oxygen atoms in total. The maximum atomic E-state index is 13.2. The van der Waals surface area contributed by atoms with Crippen LogP contribution in [0.2, 0.25) is 10.0 Å². The van der Waals surface area contributed by atoms with E-state index in [1.807, 2.05) is 19.0 Å². The number of fused-ring (bicyclic) bond motifs is 1. The van der Waals surface area contributed by atoms with Crippen LogP contribution in [0.5, 0.6) is 5.75 Å². The van der Waals surface area contributed by atoms with Gasteiger partial charge < -0.3 is 19.6 Å². The van der Waals surface area contributed by atoms with Crippen molar-refractivity contribution < 1.29 is 29.1 Å². The molecule has 0 radical (unpaired) electrons. The van der Waals surface area contributed by atoms with Crippen molar-refractivity contribution in [1.29, 1.82) is 0 Å². The van der Waals surface area contributed by atoms with Gasteiger partial charge in [0.2, 0.25) is 0 Å². The van der Waals surface area contributed by atoms with E-state index in [0.717, 1.165) is 5.06 Å². The van der Waals surface area contributed by atoms with E-state index < -0.39 is 18.5 Å². The molecule has 0 unspecified atom stereocenters. The van der Waals surface area contributed by atoms with Crippen molar-refractivity contribution in [3.8, 4) is 5.75 Å². The van der Waals surface area contributed by atoms with Crippen molar-refractivity contribution in [2.75, 3.05) is 52.5 Å². The van der Waals surface area contributed by atoms with E-state index in [2.05, 4.69) is 0 Å². The highest BCUT2D eigenvalue weighted by Crippen LogP contribution is 2.36. The minimum absolute atomic E-state index is 0.0594. The molecular formula is C26H27Cl2N3O6. The second kappa shape index (κ2) is 12.7. The zero-order valence-corrected chi connectivity index (χ0v) is 22.1. The van der Waals surface area contributed by atoms with Crippen LogP contribution in [-0.2, 0) is 14.4 Å². The maximum absolute atomic E-state index is 13.2. The summed E-state index contributed by atoms with van der Waals surface area (Å²) >= 11 is 12.4. The molecule has 3 rings (SSSR count). The highest BCUT2D eigenvalue weighted by atomic mass is 35.5. The van der Waals surface area contributed by atoms with E-state index in [1.165, 1.54) is 23.1 Å². The van der Waals surface area contributed by atoms with E-state index >= 15 is 0 Å². The number of carbonyl (C=O) groups is 3. The Morgan fingerprint density at radius 2 is 1.59 bits per heavy atom. The predicted molar refractivity (Wildman–Crippen MR) is 142 cm³/mol. The molecular weight excluding hydrogens is 521 g/mol. The van der Waals surface area contributed by atoms with Gasteiger partial charge in [0.1, 0.15) is 5.75 Å². The molecule has 0 aliphatic carbocycles. The first-order valence-corrected chi connectivity index (χ1v) is 12.0. The average Bonchev–Trinajstić information content (AvgIpc) is 2.85. The summed E-state index contributed by atoms with van der Waals surface area (Å²) in [4.78, 5) is 46.4. The maximum Gasteiger partial charge on any atom is 0.335 e. The number of carboxylic acids is 1. The van der Waals surface area contributed by atoms with Gasteiger partial charge in [-0.05, 0) is 55.9 Å². The molecule has 0 saturated heterocycles. The fourth-order valence-electron chi connectivity index (χ4n) is 3.38. The Morgan fingerprint density at radius 3 is 2.24 bits per heavy atom. The minimum atomic E-state index is -1.18. The van der Waals surface area contributed by atoms with Crippen molar-refractivity contribution in [1.82, 2.24) is 9.80 Å². The summed E-state index contributed by atoms with van der Waals surface area (Å²) in [6.07, 6.45) is 0. The summed E-state index contributed by atoms with van der Waals surface area (Å²) in [5.74, 6) is -2.01. The molecule has 0 atom stereocenters. The van der Waals surface area contributed by atoms with Crippen molar-refractivity contribution in [2.24, 2.45) is 0 Å². The van der Waals surface area contributed by atoms with E-state index in [1.54, 1.807) is 43.4 Å². The summed E-state index contributed by atoms with van der Waals surface area (Å²) in [6, 6.07) is 14.3. The first-order chi connectivity index (χ1) is 17.6. The summed E-state index contributed by atoms with van der Waals surface area (Å²) in [5, 5.41) is 11.9. The van der Waals surface area contributed by atoms with Gasteiger partial charge in [-0.3, -0.25) is 14.4 Å². The average molecular weight is 548 g/mol. The van der Waals surface area contributed by atoms with E-state index in [4.69, 9.17) is 32.8 Å². The summed E-state index contributed by atoms with van der Waals surface area (Å²) in [7, 11) is 5.47. The van der Waals surface area contributed by atoms with Gasteiger partial charge in [-0.15, -0.1) is 0 Å². The van der Waals surface area contributed by atoms with Gasteiger partial charge in [0, 0.05) is 30.5 Å². The normalized spacial score (nSPS) is 11.0. The molecule has 11 heteroatoms. The molecule has 0 aliphatic rings. The third-order valence-corrected chi connectivity index (χ3v) is 5.89. The lowest BCUT2D eigenvalue weighted by molar-refractivity contribution is -0.139.